The highest BCUT2D eigenvalue weighted by atomic mass is 35.5. The first-order chi connectivity index (χ1) is 17.4. The molecule has 36 heavy (non-hydrogen) atoms. The molecule has 4 rings (SSSR count). The highest BCUT2D eigenvalue weighted by molar-refractivity contribution is 6.31. The summed E-state index contributed by atoms with van der Waals surface area (Å²) < 4.78 is 7.12. The third-order valence-electron chi connectivity index (χ3n) is 6.44. The van der Waals surface area contributed by atoms with Crippen molar-refractivity contribution in [2.24, 2.45) is 5.92 Å². The van der Waals surface area contributed by atoms with Gasteiger partial charge in [-0.25, -0.2) is 14.5 Å². The van der Waals surface area contributed by atoms with Gasteiger partial charge in [0.05, 0.1) is 17.1 Å². The number of hydrogen-bond acceptors (Lipinski definition) is 6. The van der Waals surface area contributed by atoms with E-state index in [9.17, 15) is 9.59 Å². The number of pyridine rings is 1. The molecular formula is C26H31ClN6O3. The van der Waals surface area contributed by atoms with Crippen molar-refractivity contribution in [3.8, 4) is 11.4 Å². The smallest absolute Gasteiger partial charge is 0.413 e. The fourth-order valence-electron chi connectivity index (χ4n) is 4.41. The molecule has 190 valence electrons. The average Bonchev–Trinajstić information content (AvgIpc) is 3.28. The molecule has 0 spiro atoms. The van der Waals surface area contributed by atoms with Crippen molar-refractivity contribution in [3.63, 3.8) is 0 Å². The van der Waals surface area contributed by atoms with E-state index in [2.05, 4.69) is 25.9 Å². The normalized spacial score (nSPS) is 14.8. The van der Waals surface area contributed by atoms with E-state index in [-0.39, 0.29) is 11.8 Å². The van der Waals surface area contributed by atoms with E-state index in [1.165, 1.54) is 6.42 Å². The first-order valence-electron chi connectivity index (χ1n) is 12.3. The van der Waals surface area contributed by atoms with Crippen LogP contribution in [0.15, 0.2) is 36.4 Å². The Kier molecular flexibility index (Phi) is 8.20. The molecule has 1 saturated carbocycles. The van der Waals surface area contributed by atoms with E-state index in [4.69, 9.17) is 16.3 Å². The van der Waals surface area contributed by atoms with Crippen LogP contribution in [-0.4, -0.2) is 32.0 Å². The van der Waals surface area contributed by atoms with Crippen LogP contribution in [0.2, 0.25) is 5.02 Å². The van der Waals surface area contributed by atoms with Crippen LogP contribution >= 0.6 is 11.6 Å². The number of rotatable bonds is 7. The number of carbonyl (C=O) groups excluding carboxylic acids is 2. The van der Waals surface area contributed by atoms with Gasteiger partial charge < -0.3 is 10.1 Å². The standard InChI is InChI=1S/C26H31ClN6O3/c1-4-33-24(30-26(35)36-17(3)19-12-8-9-13-20(19)27)23(31-32-33)22-15-14-21(16(2)28-22)29-25(34)18-10-6-5-7-11-18/h8-9,12-15,17-18H,4-7,10-11H2,1-3H3,(H,29,34)(H,30,35)/t17-/m0/s1. The number of aryl methyl sites for hydroxylation is 2. The highest BCUT2D eigenvalue weighted by Gasteiger charge is 2.23. The van der Waals surface area contributed by atoms with Gasteiger partial charge in [0.1, 0.15) is 6.10 Å². The summed E-state index contributed by atoms with van der Waals surface area (Å²) in [6.07, 6.45) is 4.02. The van der Waals surface area contributed by atoms with Crippen LogP contribution in [-0.2, 0) is 16.1 Å². The SMILES string of the molecule is CCn1nnc(-c2ccc(NC(=O)C3CCCCC3)c(C)n2)c1NC(=O)O[C@@H](C)c1ccccc1Cl. The Bertz CT molecular complexity index is 1240. The van der Waals surface area contributed by atoms with E-state index < -0.39 is 12.2 Å². The molecule has 1 aromatic carbocycles. The molecule has 0 aliphatic heterocycles. The van der Waals surface area contributed by atoms with Crippen LogP contribution in [0.5, 0.6) is 0 Å². The molecule has 2 N–H and O–H groups in total. The molecule has 0 bridgehead atoms. The molecule has 0 radical (unpaired) electrons. The average molecular weight is 511 g/mol. The summed E-state index contributed by atoms with van der Waals surface area (Å²) in [6.45, 7) is 5.96. The lowest BCUT2D eigenvalue weighted by Crippen LogP contribution is -2.25. The van der Waals surface area contributed by atoms with Gasteiger partial charge in [0.2, 0.25) is 5.91 Å². The monoisotopic (exact) mass is 510 g/mol. The Labute approximate surface area is 215 Å². The van der Waals surface area contributed by atoms with Crippen LogP contribution in [0.4, 0.5) is 16.3 Å². The molecule has 2 amide bonds. The summed E-state index contributed by atoms with van der Waals surface area (Å²) in [6, 6.07) is 10.8. The molecule has 2 aromatic heterocycles. The third kappa shape index (κ3) is 5.84. The molecule has 9 nitrogen and oxygen atoms in total. The minimum absolute atomic E-state index is 0.0435. The van der Waals surface area contributed by atoms with E-state index >= 15 is 0 Å². The molecule has 1 aliphatic rings. The minimum Gasteiger partial charge on any atom is -0.441 e. The van der Waals surface area contributed by atoms with Crippen molar-refractivity contribution in [2.45, 2.75) is 65.5 Å². The Balaban J connectivity index is 1.49. The van der Waals surface area contributed by atoms with Crippen LogP contribution in [0.1, 0.15) is 63.3 Å². The van der Waals surface area contributed by atoms with Crippen molar-refractivity contribution in [1.29, 1.82) is 0 Å². The number of anilines is 2. The van der Waals surface area contributed by atoms with Crippen molar-refractivity contribution < 1.29 is 14.3 Å². The summed E-state index contributed by atoms with van der Waals surface area (Å²) in [5, 5.41) is 14.7. The Morgan fingerprint density at radius 1 is 1.14 bits per heavy atom. The molecule has 10 heteroatoms. The summed E-state index contributed by atoms with van der Waals surface area (Å²) in [5.74, 6) is 0.471. The Morgan fingerprint density at radius 2 is 1.89 bits per heavy atom. The van der Waals surface area contributed by atoms with Gasteiger partial charge in [0.15, 0.2) is 11.5 Å². The van der Waals surface area contributed by atoms with E-state index in [0.29, 0.717) is 45.7 Å². The van der Waals surface area contributed by atoms with Crippen LogP contribution < -0.4 is 10.6 Å². The maximum atomic E-state index is 12.7. The topological polar surface area (TPSA) is 111 Å². The lowest BCUT2D eigenvalue weighted by Gasteiger charge is -2.21. The van der Waals surface area contributed by atoms with Gasteiger partial charge in [-0.15, -0.1) is 5.10 Å². The van der Waals surface area contributed by atoms with Gasteiger partial charge in [0.25, 0.3) is 0 Å². The maximum Gasteiger partial charge on any atom is 0.413 e. The molecule has 1 atom stereocenters. The molecule has 1 fully saturated rings. The summed E-state index contributed by atoms with van der Waals surface area (Å²) >= 11 is 6.23. The second kappa shape index (κ2) is 11.5. The minimum atomic E-state index is -0.659. The van der Waals surface area contributed by atoms with Crippen LogP contribution in [0.3, 0.4) is 0 Å². The molecule has 0 unspecified atom stereocenters. The molecular weight excluding hydrogens is 480 g/mol. The lowest BCUT2D eigenvalue weighted by molar-refractivity contribution is -0.120. The van der Waals surface area contributed by atoms with Gasteiger partial charge in [-0.3, -0.25) is 10.1 Å². The van der Waals surface area contributed by atoms with Crippen LogP contribution in [0, 0.1) is 12.8 Å². The fraction of sp³-hybridized carbons (Fsp3) is 0.423. The lowest BCUT2D eigenvalue weighted by atomic mass is 9.88. The van der Waals surface area contributed by atoms with Crippen molar-refractivity contribution in [3.05, 3.63) is 52.7 Å². The second-order valence-corrected chi connectivity index (χ2v) is 9.36. The first kappa shape index (κ1) is 25.6. The number of hydrogen-bond donors (Lipinski definition) is 2. The van der Waals surface area contributed by atoms with Gasteiger partial charge in [0, 0.05) is 23.0 Å². The Hall–Kier alpha value is -3.46. The van der Waals surface area contributed by atoms with Crippen molar-refractivity contribution in [1.82, 2.24) is 20.0 Å². The van der Waals surface area contributed by atoms with Gasteiger partial charge in [-0.05, 0) is 51.8 Å². The number of aromatic nitrogens is 4. The quantitative estimate of drug-likeness (QED) is 0.394. The number of nitrogens with zero attached hydrogens (tertiary/aromatic N) is 4. The number of ether oxygens (including phenoxy) is 1. The predicted molar refractivity (Wildman–Crippen MR) is 139 cm³/mol. The van der Waals surface area contributed by atoms with Crippen molar-refractivity contribution in [2.75, 3.05) is 10.6 Å². The van der Waals surface area contributed by atoms with E-state index in [0.717, 1.165) is 25.7 Å². The number of nitrogens with one attached hydrogen (secondary N) is 2. The number of benzene rings is 1. The number of amides is 2. The maximum absolute atomic E-state index is 12.7. The number of carbonyl (C=O) groups is 2. The van der Waals surface area contributed by atoms with Crippen LogP contribution in [0.25, 0.3) is 11.4 Å². The fourth-order valence-corrected chi connectivity index (χ4v) is 4.70. The zero-order chi connectivity index (χ0) is 25.7. The van der Waals surface area contributed by atoms with Gasteiger partial charge >= 0.3 is 6.09 Å². The number of halogens is 1. The summed E-state index contributed by atoms with van der Waals surface area (Å²) in [7, 11) is 0. The van der Waals surface area contributed by atoms with Crippen molar-refractivity contribution >= 4 is 35.1 Å². The van der Waals surface area contributed by atoms with Gasteiger partial charge in [-0.2, -0.15) is 0 Å². The Morgan fingerprint density at radius 3 is 2.58 bits per heavy atom. The predicted octanol–water partition coefficient (Wildman–Crippen LogP) is 6.15. The zero-order valence-corrected chi connectivity index (χ0v) is 21.5. The van der Waals surface area contributed by atoms with Gasteiger partial charge in [-0.1, -0.05) is 54.3 Å². The van der Waals surface area contributed by atoms with E-state index in [1.807, 2.05) is 38.1 Å². The third-order valence-corrected chi connectivity index (χ3v) is 6.79. The zero-order valence-electron chi connectivity index (χ0n) is 20.8. The largest absolute Gasteiger partial charge is 0.441 e. The highest BCUT2D eigenvalue weighted by Crippen LogP contribution is 2.30. The molecule has 0 saturated heterocycles. The second-order valence-electron chi connectivity index (χ2n) is 8.95. The van der Waals surface area contributed by atoms with E-state index in [1.54, 1.807) is 23.7 Å². The summed E-state index contributed by atoms with van der Waals surface area (Å²) in [5.41, 5.74) is 2.97. The molecule has 2 heterocycles. The molecule has 1 aliphatic carbocycles. The summed E-state index contributed by atoms with van der Waals surface area (Å²) in [4.78, 5) is 30.0. The first-order valence-corrected chi connectivity index (χ1v) is 12.7. The molecule has 3 aromatic rings.